The molecule has 0 bridgehead atoms. The molecule has 4 rings (SSSR count). The van der Waals surface area contributed by atoms with Crippen LogP contribution in [0.4, 0.5) is 19.0 Å². The molecule has 2 N–H and O–H groups in total. The summed E-state index contributed by atoms with van der Waals surface area (Å²) >= 11 is 0. The molecule has 31 heavy (non-hydrogen) atoms. The van der Waals surface area contributed by atoms with Crippen molar-refractivity contribution in [3.05, 3.63) is 63.7 Å². The Balaban J connectivity index is 2.02. The average Bonchev–Trinajstić information content (AvgIpc) is 2.67. The number of anilines is 1. The summed E-state index contributed by atoms with van der Waals surface area (Å²) in [7, 11) is 0. The van der Waals surface area contributed by atoms with Gasteiger partial charge in [0.05, 0.1) is 5.69 Å². The van der Waals surface area contributed by atoms with Crippen molar-refractivity contribution in [3.8, 4) is 5.69 Å². The van der Waals surface area contributed by atoms with Crippen LogP contribution in [0.25, 0.3) is 16.7 Å². The molecule has 3 heterocycles. The molecule has 1 saturated heterocycles. The third-order valence-electron chi connectivity index (χ3n) is 5.18. The standard InChI is InChI=1S/C21H19F3N4O3/c1-10-7-27(8-11(2)25-10)17-6-15(24)18-19(29)13(21(30)31)9-28(20(18)26-17)16-4-3-12(22)5-14(16)23/h3-6,9-11,25H,7-8H2,1-2H3,(H,30,31). The number of piperazine rings is 1. The summed E-state index contributed by atoms with van der Waals surface area (Å²) in [6.07, 6.45) is 0.878. The lowest BCUT2D eigenvalue weighted by molar-refractivity contribution is 0.0695. The summed E-state index contributed by atoms with van der Waals surface area (Å²) in [5, 5.41) is 12.2. The lowest BCUT2D eigenvalue weighted by atomic mass is 10.1. The van der Waals surface area contributed by atoms with Gasteiger partial charge in [-0.25, -0.2) is 22.9 Å². The van der Waals surface area contributed by atoms with Crippen molar-refractivity contribution in [1.29, 1.82) is 0 Å². The first kappa shape index (κ1) is 20.9. The van der Waals surface area contributed by atoms with E-state index in [1.807, 2.05) is 18.7 Å². The average molecular weight is 432 g/mol. The van der Waals surface area contributed by atoms with Crippen molar-refractivity contribution in [2.24, 2.45) is 0 Å². The minimum absolute atomic E-state index is 0.0930. The highest BCUT2D eigenvalue weighted by molar-refractivity contribution is 5.92. The van der Waals surface area contributed by atoms with Crippen molar-refractivity contribution in [3.63, 3.8) is 0 Å². The zero-order valence-corrected chi connectivity index (χ0v) is 16.7. The zero-order valence-electron chi connectivity index (χ0n) is 16.7. The van der Waals surface area contributed by atoms with E-state index in [9.17, 15) is 23.5 Å². The number of hydrogen-bond acceptors (Lipinski definition) is 5. The van der Waals surface area contributed by atoms with E-state index in [-0.39, 0.29) is 29.2 Å². The van der Waals surface area contributed by atoms with E-state index in [0.29, 0.717) is 19.2 Å². The fourth-order valence-electron chi connectivity index (χ4n) is 3.95. The van der Waals surface area contributed by atoms with Gasteiger partial charge in [0.2, 0.25) is 5.43 Å². The molecule has 1 fully saturated rings. The largest absolute Gasteiger partial charge is 0.477 e. The number of hydrogen-bond donors (Lipinski definition) is 2. The number of nitrogens with one attached hydrogen (secondary N) is 1. The topological polar surface area (TPSA) is 87.5 Å². The van der Waals surface area contributed by atoms with Crippen LogP contribution in [0.1, 0.15) is 24.2 Å². The fourth-order valence-corrected chi connectivity index (χ4v) is 3.95. The second kappa shape index (κ2) is 7.69. The Morgan fingerprint density at radius 3 is 2.42 bits per heavy atom. The number of nitrogens with zero attached hydrogens (tertiary/aromatic N) is 3. The van der Waals surface area contributed by atoms with Gasteiger partial charge in [0, 0.05) is 43.5 Å². The molecule has 3 aromatic rings. The van der Waals surface area contributed by atoms with Gasteiger partial charge in [-0.15, -0.1) is 0 Å². The second-order valence-corrected chi connectivity index (χ2v) is 7.68. The van der Waals surface area contributed by atoms with Gasteiger partial charge in [0.25, 0.3) is 0 Å². The van der Waals surface area contributed by atoms with Crippen LogP contribution in [0.5, 0.6) is 0 Å². The normalized spacial score (nSPS) is 19.1. The predicted molar refractivity (Wildman–Crippen MR) is 108 cm³/mol. The van der Waals surface area contributed by atoms with Crippen molar-refractivity contribution in [2.45, 2.75) is 25.9 Å². The van der Waals surface area contributed by atoms with Crippen LogP contribution in [0.2, 0.25) is 0 Å². The first-order valence-electron chi connectivity index (χ1n) is 9.61. The van der Waals surface area contributed by atoms with E-state index in [0.717, 1.165) is 29.0 Å². The highest BCUT2D eigenvalue weighted by Crippen LogP contribution is 2.25. The van der Waals surface area contributed by atoms with Crippen molar-refractivity contribution >= 4 is 22.8 Å². The van der Waals surface area contributed by atoms with Crippen LogP contribution in [0, 0.1) is 17.5 Å². The number of aromatic carboxylic acids is 1. The summed E-state index contributed by atoms with van der Waals surface area (Å²) in [6.45, 7) is 4.96. The van der Waals surface area contributed by atoms with Gasteiger partial charge in [-0.1, -0.05) is 0 Å². The lowest BCUT2D eigenvalue weighted by Crippen LogP contribution is -2.54. The van der Waals surface area contributed by atoms with Gasteiger partial charge in [-0.2, -0.15) is 0 Å². The smallest absolute Gasteiger partial charge is 0.341 e. The SMILES string of the molecule is CC1CN(c2cc(F)c3c(=O)c(C(=O)O)cn(-c4ccc(F)cc4F)c3n2)CC(C)N1. The van der Waals surface area contributed by atoms with Crippen LogP contribution in [-0.2, 0) is 0 Å². The zero-order chi connectivity index (χ0) is 22.4. The first-order chi connectivity index (χ1) is 14.7. The summed E-state index contributed by atoms with van der Waals surface area (Å²) in [4.78, 5) is 30.4. The molecular formula is C21H19F3N4O3. The maximum absolute atomic E-state index is 15.1. The summed E-state index contributed by atoms with van der Waals surface area (Å²) in [5.41, 5.74) is -2.34. The Labute approximate surface area is 174 Å². The Morgan fingerprint density at radius 1 is 1.13 bits per heavy atom. The Morgan fingerprint density at radius 2 is 1.81 bits per heavy atom. The minimum Gasteiger partial charge on any atom is -0.477 e. The number of carbonyl (C=O) groups is 1. The Hall–Kier alpha value is -3.40. The number of aromatic nitrogens is 2. The molecule has 162 valence electrons. The van der Waals surface area contributed by atoms with E-state index >= 15 is 4.39 Å². The van der Waals surface area contributed by atoms with Gasteiger partial charge < -0.3 is 15.3 Å². The van der Waals surface area contributed by atoms with Gasteiger partial charge >= 0.3 is 5.97 Å². The third kappa shape index (κ3) is 3.74. The number of carboxylic acids is 1. The molecule has 0 spiro atoms. The lowest BCUT2D eigenvalue weighted by Gasteiger charge is -2.37. The maximum atomic E-state index is 15.1. The Kier molecular flexibility index (Phi) is 5.18. The minimum atomic E-state index is -1.60. The number of carboxylic acid groups (broad SMARTS) is 1. The Bertz CT molecular complexity index is 1250. The van der Waals surface area contributed by atoms with E-state index in [2.05, 4.69) is 10.3 Å². The number of fused-ring (bicyclic) bond motifs is 1. The molecule has 0 saturated carbocycles. The molecule has 0 aliphatic carbocycles. The molecule has 10 heteroatoms. The summed E-state index contributed by atoms with van der Waals surface area (Å²) < 4.78 is 44.0. The third-order valence-corrected chi connectivity index (χ3v) is 5.18. The number of rotatable bonds is 3. The molecule has 1 aliphatic rings. The van der Waals surface area contributed by atoms with Crippen LogP contribution in [-0.4, -0.2) is 45.8 Å². The molecule has 1 aliphatic heterocycles. The van der Waals surface area contributed by atoms with Crippen molar-refractivity contribution in [1.82, 2.24) is 14.9 Å². The molecule has 1 aromatic carbocycles. The highest BCUT2D eigenvalue weighted by Gasteiger charge is 2.26. The van der Waals surface area contributed by atoms with Gasteiger partial charge in [0.15, 0.2) is 5.65 Å². The number of benzene rings is 1. The maximum Gasteiger partial charge on any atom is 0.341 e. The van der Waals surface area contributed by atoms with Crippen LogP contribution in [0.15, 0.2) is 35.3 Å². The molecule has 7 nitrogen and oxygen atoms in total. The van der Waals surface area contributed by atoms with E-state index in [4.69, 9.17) is 0 Å². The number of halogens is 3. The van der Waals surface area contributed by atoms with Crippen LogP contribution >= 0.6 is 0 Å². The second-order valence-electron chi connectivity index (χ2n) is 7.68. The van der Waals surface area contributed by atoms with Crippen LogP contribution < -0.4 is 15.6 Å². The van der Waals surface area contributed by atoms with Crippen LogP contribution in [0.3, 0.4) is 0 Å². The molecule has 2 unspecified atom stereocenters. The van der Waals surface area contributed by atoms with E-state index < -0.39 is 39.8 Å². The fraction of sp³-hybridized carbons (Fsp3) is 0.286. The molecule has 0 amide bonds. The molecule has 2 atom stereocenters. The van der Waals surface area contributed by atoms with E-state index in [1.165, 1.54) is 0 Å². The van der Waals surface area contributed by atoms with Gasteiger partial charge in [-0.05, 0) is 26.0 Å². The highest BCUT2D eigenvalue weighted by atomic mass is 19.1. The first-order valence-corrected chi connectivity index (χ1v) is 9.61. The number of pyridine rings is 2. The predicted octanol–water partition coefficient (Wildman–Crippen LogP) is 2.69. The molecule has 0 radical (unpaired) electrons. The van der Waals surface area contributed by atoms with Crippen molar-refractivity contribution in [2.75, 3.05) is 18.0 Å². The summed E-state index contributed by atoms with van der Waals surface area (Å²) in [5.74, 6) is -4.20. The monoisotopic (exact) mass is 432 g/mol. The van der Waals surface area contributed by atoms with Gasteiger partial charge in [-0.3, -0.25) is 9.36 Å². The quantitative estimate of drug-likeness (QED) is 0.662. The van der Waals surface area contributed by atoms with Gasteiger partial charge in [0.1, 0.15) is 34.2 Å². The summed E-state index contributed by atoms with van der Waals surface area (Å²) in [6, 6.07) is 3.92. The van der Waals surface area contributed by atoms with E-state index in [1.54, 1.807) is 0 Å². The molecule has 2 aromatic heterocycles. The molecular weight excluding hydrogens is 413 g/mol. The van der Waals surface area contributed by atoms with Crippen molar-refractivity contribution < 1.29 is 23.1 Å².